The number of carbonyl (C=O) groups excluding carboxylic acids is 1. The van der Waals surface area contributed by atoms with E-state index in [1.54, 1.807) is 6.07 Å². The van der Waals surface area contributed by atoms with Crippen LogP contribution in [0.1, 0.15) is 36.0 Å². The van der Waals surface area contributed by atoms with Gasteiger partial charge < -0.3 is 11.1 Å². The molecule has 2 atom stereocenters. The summed E-state index contributed by atoms with van der Waals surface area (Å²) in [6.07, 6.45) is 4.27. The van der Waals surface area contributed by atoms with E-state index in [1.165, 1.54) is 0 Å². The number of nitrogens with two attached hydrogens (primary N) is 1. The Morgan fingerprint density at radius 2 is 2.00 bits per heavy atom. The number of benzene rings is 1. The lowest BCUT2D eigenvalue weighted by Crippen LogP contribution is -2.49. The number of amides is 1. The molecular weight excluding hydrogens is 360 g/mol. The minimum Gasteiger partial charge on any atom is -0.348 e. The van der Waals surface area contributed by atoms with Crippen LogP contribution in [0.5, 0.6) is 0 Å². The number of hydrogen-bond donors (Lipinski definition) is 2. The molecule has 18 heavy (non-hydrogen) atoms. The smallest absolute Gasteiger partial charge is 0.252 e. The number of nitrogens with one attached hydrogen (secondary N) is 1. The van der Waals surface area contributed by atoms with Gasteiger partial charge in [0, 0.05) is 21.0 Å². The maximum Gasteiger partial charge on any atom is 0.252 e. The first kappa shape index (κ1) is 14.0. The van der Waals surface area contributed by atoms with Gasteiger partial charge in [-0.3, -0.25) is 4.79 Å². The predicted molar refractivity (Wildman–Crippen MR) is 79.5 cm³/mol. The van der Waals surface area contributed by atoms with E-state index in [-0.39, 0.29) is 18.0 Å². The molecule has 1 amide bonds. The quantitative estimate of drug-likeness (QED) is 0.833. The fourth-order valence-corrected chi connectivity index (χ4v) is 3.49. The second kappa shape index (κ2) is 6.17. The Hall–Kier alpha value is -0.390. The van der Waals surface area contributed by atoms with Crippen molar-refractivity contribution < 1.29 is 4.79 Å². The lowest BCUT2D eigenvalue weighted by atomic mass is 9.91. The Morgan fingerprint density at radius 1 is 1.28 bits per heavy atom. The molecule has 98 valence electrons. The Kier molecular flexibility index (Phi) is 4.81. The van der Waals surface area contributed by atoms with Gasteiger partial charge >= 0.3 is 0 Å². The number of carbonyl (C=O) groups is 1. The third-order valence-corrected chi connectivity index (χ3v) is 4.46. The number of halogens is 2. The van der Waals surface area contributed by atoms with E-state index >= 15 is 0 Å². The zero-order valence-electron chi connectivity index (χ0n) is 9.96. The molecule has 0 aromatic heterocycles. The second-order valence-corrected chi connectivity index (χ2v) is 6.42. The summed E-state index contributed by atoms with van der Waals surface area (Å²) < 4.78 is 1.74. The molecule has 3 nitrogen and oxygen atoms in total. The van der Waals surface area contributed by atoms with Gasteiger partial charge in [-0.25, -0.2) is 0 Å². The molecule has 0 heterocycles. The first-order valence-corrected chi connectivity index (χ1v) is 7.68. The standard InChI is InChI=1S/C13H16Br2N2O/c14-8-5-6-9(10(15)7-8)13(18)17-12-4-2-1-3-11(12)16/h5-7,11-12H,1-4,16H2,(H,17,18). The first-order chi connectivity index (χ1) is 8.58. The molecule has 0 radical (unpaired) electrons. The molecule has 2 unspecified atom stereocenters. The summed E-state index contributed by atoms with van der Waals surface area (Å²) in [4.78, 5) is 12.2. The van der Waals surface area contributed by atoms with Crippen molar-refractivity contribution in [3.05, 3.63) is 32.7 Å². The summed E-state index contributed by atoms with van der Waals surface area (Å²) in [7, 11) is 0. The minimum absolute atomic E-state index is 0.0586. The largest absolute Gasteiger partial charge is 0.348 e. The topological polar surface area (TPSA) is 55.1 Å². The third kappa shape index (κ3) is 3.33. The molecule has 0 aliphatic heterocycles. The molecule has 5 heteroatoms. The molecule has 1 aliphatic carbocycles. The maximum absolute atomic E-state index is 12.2. The van der Waals surface area contributed by atoms with Gasteiger partial charge in [0.2, 0.25) is 0 Å². The van der Waals surface area contributed by atoms with Crippen LogP contribution in [-0.2, 0) is 0 Å². The van der Waals surface area contributed by atoms with E-state index in [0.717, 1.165) is 34.6 Å². The fourth-order valence-electron chi connectivity index (χ4n) is 2.26. The summed E-state index contributed by atoms with van der Waals surface area (Å²) in [6.45, 7) is 0. The molecular formula is C13H16Br2N2O. The molecule has 2 rings (SSSR count). The van der Waals surface area contributed by atoms with E-state index < -0.39 is 0 Å². The highest BCUT2D eigenvalue weighted by molar-refractivity contribution is 9.11. The van der Waals surface area contributed by atoms with Crippen molar-refractivity contribution in [2.45, 2.75) is 37.8 Å². The van der Waals surface area contributed by atoms with Gasteiger partial charge in [0.1, 0.15) is 0 Å². The van der Waals surface area contributed by atoms with Crippen LogP contribution in [0.4, 0.5) is 0 Å². The van der Waals surface area contributed by atoms with Crippen LogP contribution in [0.3, 0.4) is 0 Å². The van der Waals surface area contributed by atoms with Gasteiger partial charge in [0.15, 0.2) is 0 Å². The van der Waals surface area contributed by atoms with Crippen LogP contribution in [0, 0.1) is 0 Å². The summed E-state index contributed by atoms with van der Waals surface area (Å²) in [5.74, 6) is -0.0586. The van der Waals surface area contributed by atoms with E-state index in [1.807, 2.05) is 12.1 Å². The molecule has 1 aromatic rings. The molecule has 0 saturated heterocycles. The minimum atomic E-state index is -0.0586. The molecule has 1 aromatic carbocycles. The summed E-state index contributed by atoms with van der Waals surface area (Å²) >= 11 is 6.78. The Bertz CT molecular complexity index is 451. The summed E-state index contributed by atoms with van der Waals surface area (Å²) in [5, 5.41) is 3.04. The van der Waals surface area contributed by atoms with E-state index in [2.05, 4.69) is 37.2 Å². The van der Waals surface area contributed by atoms with Crippen molar-refractivity contribution in [1.82, 2.24) is 5.32 Å². The molecule has 0 bridgehead atoms. The van der Waals surface area contributed by atoms with E-state index in [4.69, 9.17) is 5.73 Å². The maximum atomic E-state index is 12.2. The van der Waals surface area contributed by atoms with Crippen molar-refractivity contribution in [3.8, 4) is 0 Å². The average Bonchev–Trinajstić information content (AvgIpc) is 2.32. The third-order valence-electron chi connectivity index (χ3n) is 3.31. The molecule has 1 fully saturated rings. The predicted octanol–water partition coefficient (Wildman–Crippen LogP) is 3.21. The van der Waals surface area contributed by atoms with Gasteiger partial charge in [0.05, 0.1) is 5.56 Å². The van der Waals surface area contributed by atoms with E-state index in [0.29, 0.717) is 5.56 Å². The first-order valence-electron chi connectivity index (χ1n) is 6.09. The SMILES string of the molecule is NC1CCCCC1NC(=O)c1ccc(Br)cc1Br. The van der Waals surface area contributed by atoms with Crippen molar-refractivity contribution >= 4 is 37.8 Å². The van der Waals surface area contributed by atoms with Crippen LogP contribution < -0.4 is 11.1 Å². The lowest BCUT2D eigenvalue weighted by molar-refractivity contribution is 0.0920. The highest BCUT2D eigenvalue weighted by Gasteiger charge is 2.24. The molecule has 1 aliphatic rings. The average molecular weight is 376 g/mol. The van der Waals surface area contributed by atoms with Crippen molar-refractivity contribution in [2.24, 2.45) is 5.73 Å². The Balaban J connectivity index is 2.07. The van der Waals surface area contributed by atoms with Crippen LogP contribution in [0.25, 0.3) is 0 Å². The second-order valence-electron chi connectivity index (χ2n) is 4.65. The molecule has 0 spiro atoms. The van der Waals surface area contributed by atoms with Gasteiger partial charge in [-0.1, -0.05) is 28.8 Å². The van der Waals surface area contributed by atoms with Gasteiger partial charge in [-0.2, -0.15) is 0 Å². The van der Waals surface area contributed by atoms with Crippen LogP contribution in [0.2, 0.25) is 0 Å². The van der Waals surface area contributed by atoms with Crippen molar-refractivity contribution in [3.63, 3.8) is 0 Å². The lowest BCUT2D eigenvalue weighted by Gasteiger charge is -2.29. The van der Waals surface area contributed by atoms with Gasteiger partial charge in [-0.15, -0.1) is 0 Å². The summed E-state index contributed by atoms with van der Waals surface area (Å²) in [6, 6.07) is 5.72. The van der Waals surface area contributed by atoms with Crippen LogP contribution in [-0.4, -0.2) is 18.0 Å². The Labute approximate surface area is 124 Å². The van der Waals surface area contributed by atoms with Crippen molar-refractivity contribution in [2.75, 3.05) is 0 Å². The zero-order valence-corrected chi connectivity index (χ0v) is 13.1. The fraction of sp³-hybridized carbons (Fsp3) is 0.462. The Morgan fingerprint density at radius 3 is 2.67 bits per heavy atom. The number of hydrogen-bond acceptors (Lipinski definition) is 2. The normalized spacial score (nSPS) is 23.7. The van der Waals surface area contributed by atoms with Crippen LogP contribution in [0.15, 0.2) is 27.1 Å². The molecule has 1 saturated carbocycles. The summed E-state index contributed by atoms with van der Waals surface area (Å²) in [5.41, 5.74) is 6.68. The van der Waals surface area contributed by atoms with Crippen molar-refractivity contribution in [1.29, 1.82) is 0 Å². The number of rotatable bonds is 2. The van der Waals surface area contributed by atoms with Crippen LogP contribution >= 0.6 is 31.9 Å². The van der Waals surface area contributed by atoms with E-state index in [9.17, 15) is 4.79 Å². The van der Waals surface area contributed by atoms with Gasteiger partial charge in [0.25, 0.3) is 5.91 Å². The van der Waals surface area contributed by atoms with Gasteiger partial charge in [-0.05, 0) is 47.0 Å². The zero-order chi connectivity index (χ0) is 13.1. The highest BCUT2D eigenvalue weighted by atomic mass is 79.9. The monoisotopic (exact) mass is 374 g/mol. The highest BCUT2D eigenvalue weighted by Crippen LogP contribution is 2.23. The molecule has 3 N–H and O–H groups in total.